The first-order valence-electron chi connectivity index (χ1n) is 12.9. The lowest BCUT2D eigenvalue weighted by molar-refractivity contribution is 0.301. The Morgan fingerprint density at radius 1 is 0.976 bits per heavy atom. The van der Waals surface area contributed by atoms with E-state index in [-0.39, 0.29) is 17.1 Å². The predicted molar refractivity (Wildman–Crippen MR) is 156 cm³/mol. The molecule has 6 aromatic rings. The van der Waals surface area contributed by atoms with Gasteiger partial charge in [-0.25, -0.2) is 13.5 Å². The van der Waals surface area contributed by atoms with Crippen LogP contribution in [0.1, 0.15) is 30.3 Å². The Morgan fingerprint density at radius 2 is 1.78 bits per heavy atom. The van der Waals surface area contributed by atoms with E-state index in [0.29, 0.717) is 38.7 Å². The van der Waals surface area contributed by atoms with Gasteiger partial charge in [-0.3, -0.25) is 4.79 Å². The summed E-state index contributed by atoms with van der Waals surface area (Å²) in [4.78, 5) is 18.1. The Hall–Kier alpha value is -4.96. The highest BCUT2D eigenvalue weighted by molar-refractivity contribution is 7.15. The van der Waals surface area contributed by atoms with Crippen LogP contribution < -0.4 is 14.8 Å². The Bertz CT molecular complexity index is 1980. The average Bonchev–Trinajstić information content (AvgIpc) is 3.67. The number of para-hydroxylation sites is 1. The van der Waals surface area contributed by atoms with Gasteiger partial charge in [0.2, 0.25) is 4.96 Å². The molecule has 0 radical (unpaired) electrons. The predicted octanol–water partition coefficient (Wildman–Crippen LogP) is 5.79. The van der Waals surface area contributed by atoms with Crippen molar-refractivity contribution in [1.29, 1.82) is 0 Å². The maximum absolute atomic E-state index is 14.9. The van der Waals surface area contributed by atoms with E-state index in [1.165, 1.54) is 34.1 Å². The van der Waals surface area contributed by atoms with Gasteiger partial charge in [-0.15, -0.1) is 5.10 Å². The number of hydrogen-bond donors (Lipinski definition) is 0. The van der Waals surface area contributed by atoms with Gasteiger partial charge >= 0.3 is 0 Å². The minimum Gasteiger partial charge on any atom is -0.491 e. The molecule has 0 unspecified atom stereocenters. The SMILES string of the molecule is CCCOc1ccc(-c2nn(-c3ccccc3)cc2/C=c2\sc3nc(/C=C/c4ccc(F)cc4)nn3c2=O)cc1F. The van der Waals surface area contributed by atoms with Crippen molar-refractivity contribution in [2.45, 2.75) is 13.3 Å². The van der Waals surface area contributed by atoms with Crippen molar-refractivity contribution < 1.29 is 13.5 Å². The van der Waals surface area contributed by atoms with Gasteiger partial charge in [-0.05, 0) is 66.6 Å². The number of fused-ring (bicyclic) bond motifs is 1. The molecule has 0 fully saturated rings. The van der Waals surface area contributed by atoms with Crippen molar-refractivity contribution in [3.8, 4) is 22.7 Å². The van der Waals surface area contributed by atoms with Crippen molar-refractivity contribution in [2.75, 3.05) is 6.61 Å². The smallest absolute Gasteiger partial charge is 0.291 e. The molecule has 10 heteroatoms. The zero-order valence-electron chi connectivity index (χ0n) is 21.9. The molecule has 0 amide bonds. The lowest BCUT2D eigenvalue weighted by Gasteiger charge is -2.07. The van der Waals surface area contributed by atoms with Crippen LogP contribution in [0.15, 0.2) is 83.8 Å². The molecule has 0 aliphatic carbocycles. The Kier molecular flexibility index (Phi) is 7.22. The molecular formula is C31H23F2N5O2S. The summed E-state index contributed by atoms with van der Waals surface area (Å²) in [7, 11) is 0. The maximum Gasteiger partial charge on any atom is 0.291 e. The van der Waals surface area contributed by atoms with Crippen LogP contribution in [0.5, 0.6) is 5.75 Å². The van der Waals surface area contributed by atoms with Crippen LogP contribution in [0.4, 0.5) is 8.78 Å². The molecule has 3 heterocycles. The third-order valence-corrected chi connectivity index (χ3v) is 7.17. The van der Waals surface area contributed by atoms with E-state index in [1.54, 1.807) is 53.4 Å². The number of benzene rings is 3. The van der Waals surface area contributed by atoms with E-state index in [9.17, 15) is 13.6 Å². The lowest BCUT2D eigenvalue weighted by atomic mass is 10.1. The highest BCUT2D eigenvalue weighted by Crippen LogP contribution is 2.29. The summed E-state index contributed by atoms with van der Waals surface area (Å²) in [6.45, 7) is 2.37. The lowest BCUT2D eigenvalue weighted by Crippen LogP contribution is -2.23. The topological polar surface area (TPSA) is 74.3 Å². The van der Waals surface area contributed by atoms with Crippen LogP contribution in [-0.4, -0.2) is 31.0 Å². The van der Waals surface area contributed by atoms with Crippen molar-refractivity contribution in [3.05, 3.63) is 122 Å². The van der Waals surface area contributed by atoms with Gasteiger partial charge in [0.1, 0.15) is 11.5 Å². The fraction of sp³-hybridized carbons (Fsp3) is 0.0968. The molecule has 0 aliphatic rings. The number of ether oxygens (including phenoxy) is 1. The van der Waals surface area contributed by atoms with Crippen molar-refractivity contribution in [3.63, 3.8) is 0 Å². The highest BCUT2D eigenvalue weighted by Gasteiger charge is 2.16. The van der Waals surface area contributed by atoms with Crippen LogP contribution in [0, 0.1) is 11.6 Å². The number of rotatable bonds is 8. The maximum atomic E-state index is 14.9. The summed E-state index contributed by atoms with van der Waals surface area (Å²) in [6, 6.07) is 20.3. The Labute approximate surface area is 237 Å². The van der Waals surface area contributed by atoms with Gasteiger partial charge in [-0.1, -0.05) is 54.7 Å². The quantitative estimate of drug-likeness (QED) is 0.233. The van der Waals surface area contributed by atoms with Crippen molar-refractivity contribution >= 4 is 34.5 Å². The van der Waals surface area contributed by atoms with Crippen LogP contribution in [-0.2, 0) is 0 Å². The third kappa shape index (κ3) is 5.55. The van der Waals surface area contributed by atoms with Crippen LogP contribution in [0.25, 0.3) is 40.1 Å². The van der Waals surface area contributed by atoms with Crippen molar-refractivity contribution in [2.24, 2.45) is 0 Å². The second-order valence-electron chi connectivity index (χ2n) is 9.17. The highest BCUT2D eigenvalue weighted by atomic mass is 32.1. The third-order valence-electron chi connectivity index (χ3n) is 6.21. The molecule has 7 nitrogen and oxygen atoms in total. The largest absolute Gasteiger partial charge is 0.491 e. The van der Waals surface area contributed by atoms with Gasteiger partial charge in [0, 0.05) is 17.3 Å². The Morgan fingerprint density at radius 3 is 2.51 bits per heavy atom. The molecule has 0 spiro atoms. The van der Waals surface area contributed by atoms with Crippen molar-refractivity contribution in [1.82, 2.24) is 24.4 Å². The van der Waals surface area contributed by atoms with Gasteiger partial charge in [-0.2, -0.15) is 14.6 Å². The minimum atomic E-state index is -0.485. The van der Waals surface area contributed by atoms with E-state index < -0.39 is 5.82 Å². The molecule has 3 aromatic carbocycles. The molecule has 0 saturated carbocycles. The van der Waals surface area contributed by atoms with Crippen LogP contribution >= 0.6 is 11.3 Å². The molecule has 41 heavy (non-hydrogen) atoms. The van der Waals surface area contributed by atoms with Crippen LogP contribution in [0.2, 0.25) is 0 Å². The molecule has 204 valence electrons. The second-order valence-corrected chi connectivity index (χ2v) is 10.2. The minimum absolute atomic E-state index is 0.181. The molecule has 0 bridgehead atoms. The monoisotopic (exact) mass is 567 g/mol. The zero-order valence-corrected chi connectivity index (χ0v) is 22.7. The summed E-state index contributed by atoms with van der Waals surface area (Å²) >= 11 is 1.19. The van der Waals surface area contributed by atoms with Gasteiger partial charge in [0.05, 0.1) is 16.8 Å². The summed E-state index contributed by atoms with van der Waals surface area (Å²) in [5.74, 6) is -0.258. The number of nitrogens with zero attached hydrogens (tertiary/aromatic N) is 5. The second kappa shape index (κ2) is 11.3. The van der Waals surface area contributed by atoms with E-state index in [1.807, 2.05) is 37.3 Å². The van der Waals surface area contributed by atoms with E-state index in [2.05, 4.69) is 10.1 Å². The number of thiazole rings is 1. The average molecular weight is 568 g/mol. The molecule has 0 N–H and O–H groups in total. The fourth-order valence-corrected chi connectivity index (χ4v) is 5.12. The molecule has 0 saturated heterocycles. The standard InChI is InChI=1S/C31H23F2N5O2S/c1-2-16-40-26-14-11-21(17-25(26)33)29-22(19-37(36-29)24-6-4-3-5-7-24)18-27-30(39)38-31(41-27)34-28(35-38)15-10-20-8-12-23(32)13-9-20/h3-15,17-19H,2,16H2,1H3/b15-10+,27-18-. The Balaban J connectivity index is 1.39. The summed E-state index contributed by atoms with van der Waals surface area (Å²) in [5, 5.41) is 9.06. The van der Waals surface area contributed by atoms with E-state index in [0.717, 1.165) is 17.7 Å². The van der Waals surface area contributed by atoms with Crippen LogP contribution in [0.3, 0.4) is 0 Å². The normalized spacial score (nSPS) is 12.1. The number of hydrogen-bond acceptors (Lipinski definition) is 6. The molecular weight excluding hydrogens is 544 g/mol. The molecule has 6 rings (SSSR count). The molecule has 3 aromatic heterocycles. The first kappa shape index (κ1) is 26.3. The fourth-order valence-electron chi connectivity index (χ4n) is 4.21. The van der Waals surface area contributed by atoms with Gasteiger partial charge in [0.25, 0.3) is 5.56 Å². The number of aromatic nitrogens is 5. The first-order chi connectivity index (χ1) is 20.0. The molecule has 0 aliphatic heterocycles. The molecule has 0 atom stereocenters. The summed E-state index contributed by atoms with van der Waals surface area (Å²) < 4.78 is 36.9. The zero-order chi connectivity index (χ0) is 28.3. The summed E-state index contributed by atoms with van der Waals surface area (Å²) in [5.41, 5.74) is 2.97. The number of halogens is 2. The first-order valence-corrected chi connectivity index (χ1v) is 13.7. The van der Waals surface area contributed by atoms with Gasteiger partial charge in [0.15, 0.2) is 17.4 Å². The summed E-state index contributed by atoms with van der Waals surface area (Å²) in [6.07, 6.45) is 7.71. The van der Waals surface area contributed by atoms with E-state index in [4.69, 9.17) is 9.84 Å². The van der Waals surface area contributed by atoms with Gasteiger partial charge < -0.3 is 4.74 Å². The van der Waals surface area contributed by atoms with E-state index >= 15 is 0 Å².